The third kappa shape index (κ3) is 2.98. The van der Waals surface area contributed by atoms with Gasteiger partial charge >= 0.3 is 0 Å². The van der Waals surface area contributed by atoms with Crippen LogP contribution in [0.5, 0.6) is 0 Å². The summed E-state index contributed by atoms with van der Waals surface area (Å²) in [4.78, 5) is 0. The SMILES string of the molecule is Cc1ccc(CNC(C)C)c(-c2ccco2)c1. The summed E-state index contributed by atoms with van der Waals surface area (Å²) in [6, 6.07) is 10.9. The van der Waals surface area contributed by atoms with Gasteiger partial charge in [-0.2, -0.15) is 0 Å². The second kappa shape index (κ2) is 5.19. The van der Waals surface area contributed by atoms with Crippen molar-refractivity contribution < 1.29 is 4.42 Å². The summed E-state index contributed by atoms with van der Waals surface area (Å²) >= 11 is 0. The Morgan fingerprint density at radius 2 is 2.06 bits per heavy atom. The molecule has 2 nitrogen and oxygen atoms in total. The van der Waals surface area contributed by atoms with Crippen molar-refractivity contribution in [2.75, 3.05) is 0 Å². The quantitative estimate of drug-likeness (QED) is 0.863. The molecule has 0 fully saturated rings. The smallest absolute Gasteiger partial charge is 0.134 e. The first-order valence-corrected chi connectivity index (χ1v) is 6.03. The van der Waals surface area contributed by atoms with Gasteiger partial charge in [0, 0.05) is 18.2 Å². The normalized spacial score (nSPS) is 11.1. The van der Waals surface area contributed by atoms with Gasteiger partial charge in [0.15, 0.2) is 0 Å². The van der Waals surface area contributed by atoms with E-state index in [1.54, 1.807) is 6.26 Å². The highest BCUT2D eigenvalue weighted by molar-refractivity contribution is 5.63. The van der Waals surface area contributed by atoms with Crippen LogP contribution >= 0.6 is 0 Å². The number of hydrogen-bond acceptors (Lipinski definition) is 2. The lowest BCUT2D eigenvalue weighted by atomic mass is 10.0. The van der Waals surface area contributed by atoms with Crippen LogP contribution in [-0.2, 0) is 6.54 Å². The molecule has 1 heterocycles. The molecule has 0 atom stereocenters. The van der Waals surface area contributed by atoms with Gasteiger partial charge in [-0.05, 0) is 30.7 Å². The molecule has 0 saturated carbocycles. The Balaban J connectivity index is 2.31. The largest absolute Gasteiger partial charge is 0.464 e. The third-order valence-electron chi connectivity index (χ3n) is 2.75. The molecule has 1 aromatic heterocycles. The van der Waals surface area contributed by atoms with Gasteiger partial charge in [-0.1, -0.05) is 31.5 Å². The van der Waals surface area contributed by atoms with E-state index in [4.69, 9.17) is 4.42 Å². The molecule has 0 aliphatic carbocycles. The van der Waals surface area contributed by atoms with Crippen LogP contribution in [0.2, 0.25) is 0 Å². The van der Waals surface area contributed by atoms with Crippen LogP contribution < -0.4 is 5.32 Å². The van der Waals surface area contributed by atoms with Crippen molar-refractivity contribution in [3.63, 3.8) is 0 Å². The minimum Gasteiger partial charge on any atom is -0.464 e. The van der Waals surface area contributed by atoms with E-state index in [1.165, 1.54) is 16.7 Å². The van der Waals surface area contributed by atoms with E-state index in [2.05, 4.69) is 44.3 Å². The zero-order valence-electron chi connectivity index (χ0n) is 10.7. The Kier molecular flexibility index (Phi) is 3.64. The molecule has 0 spiro atoms. The number of nitrogens with one attached hydrogen (secondary N) is 1. The van der Waals surface area contributed by atoms with Crippen molar-refractivity contribution >= 4 is 0 Å². The van der Waals surface area contributed by atoms with Crippen molar-refractivity contribution in [3.05, 3.63) is 47.7 Å². The van der Waals surface area contributed by atoms with Crippen LogP contribution in [0, 0.1) is 6.92 Å². The Morgan fingerprint density at radius 1 is 1.24 bits per heavy atom. The molecule has 0 aliphatic heterocycles. The molecule has 1 aromatic carbocycles. The van der Waals surface area contributed by atoms with Crippen molar-refractivity contribution in [3.8, 4) is 11.3 Å². The predicted molar refractivity (Wildman–Crippen MR) is 70.9 cm³/mol. The average Bonchev–Trinajstić information content (AvgIpc) is 2.80. The number of aryl methyl sites for hydroxylation is 1. The lowest BCUT2D eigenvalue weighted by molar-refractivity contribution is 0.573. The maximum absolute atomic E-state index is 5.49. The van der Waals surface area contributed by atoms with Crippen molar-refractivity contribution in [1.29, 1.82) is 0 Å². The fraction of sp³-hybridized carbons (Fsp3) is 0.333. The number of rotatable bonds is 4. The highest BCUT2D eigenvalue weighted by Crippen LogP contribution is 2.25. The van der Waals surface area contributed by atoms with Crippen LogP contribution in [0.15, 0.2) is 41.0 Å². The van der Waals surface area contributed by atoms with Crippen molar-refractivity contribution in [2.24, 2.45) is 0 Å². The summed E-state index contributed by atoms with van der Waals surface area (Å²) in [5.74, 6) is 0.939. The van der Waals surface area contributed by atoms with Crippen LogP contribution in [0.4, 0.5) is 0 Å². The molecule has 0 aliphatic rings. The first kappa shape index (κ1) is 11.9. The van der Waals surface area contributed by atoms with Gasteiger partial charge < -0.3 is 9.73 Å². The minimum atomic E-state index is 0.487. The van der Waals surface area contributed by atoms with E-state index >= 15 is 0 Å². The van der Waals surface area contributed by atoms with E-state index < -0.39 is 0 Å². The summed E-state index contributed by atoms with van der Waals surface area (Å²) in [7, 11) is 0. The minimum absolute atomic E-state index is 0.487. The summed E-state index contributed by atoms with van der Waals surface area (Å²) < 4.78 is 5.49. The fourth-order valence-corrected chi connectivity index (χ4v) is 1.82. The van der Waals surface area contributed by atoms with Crippen LogP contribution in [0.1, 0.15) is 25.0 Å². The molecule has 0 bridgehead atoms. The molecular formula is C15H19NO. The molecular weight excluding hydrogens is 210 g/mol. The van der Waals surface area contributed by atoms with E-state index in [0.717, 1.165) is 12.3 Å². The Labute approximate surface area is 103 Å². The molecule has 2 heteroatoms. The summed E-state index contributed by atoms with van der Waals surface area (Å²) in [5, 5.41) is 3.44. The van der Waals surface area contributed by atoms with Gasteiger partial charge in [0.2, 0.25) is 0 Å². The first-order chi connectivity index (χ1) is 8.16. The number of furan rings is 1. The van der Waals surface area contributed by atoms with Gasteiger partial charge in [-0.15, -0.1) is 0 Å². The second-order valence-electron chi connectivity index (χ2n) is 4.67. The first-order valence-electron chi connectivity index (χ1n) is 6.03. The maximum atomic E-state index is 5.49. The fourth-order valence-electron chi connectivity index (χ4n) is 1.82. The van der Waals surface area contributed by atoms with Crippen LogP contribution in [0.3, 0.4) is 0 Å². The molecule has 90 valence electrons. The van der Waals surface area contributed by atoms with Gasteiger partial charge in [-0.25, -0.2) is 0 Å². The highest BCUT2D eigenvalue weighted by Gasteiger charge is 2.08. The van der Waals surface area contributed by atoms with Crippen LogP contribution in [0.25, 0.3) is 11.3 Å². The van der Waals surface area contributed by atoms with Crippen molar-refractivity contribution in [2.45, 2.75) is 33.4 Å². The Bertz CT molecular complexity index is 472. The van der Waals surface area contributed by atoms with E-state index in [0.29, 0.717) is 6.04 Å². The molecule has 2 aromatic rings. The van der Waals surface area contributed by atoms with Gasteiger partial charge in [0.1, 0.15) is 5.76 Å². The van der Waals surface area contributed by atoms with E-state index in [-0.39, 0.29) is 0 Å². The van der Waals surface area contributed by atoms with Crippen LogP contribution in [-0.4, -0.2) is 6.04 Å². The zero-order chi connectivity index (χ0) is 12.3. The zero-order valence-corrected chi connectivity index (χ0v) is 10.7. The number of benzene rings is 1. The predicted octanol–water partition coefficient (Wildman–Crippen LogP) is 3.75. The molecule has 0 saturated heterocycles. The Hall–Kier alpha value is -1.54. The van der Waals surface area contributed by atoms with Crippen molar-refractivity contribution in [1.82, 2.24) is 5.32 Å². The summed E-state index contributed by atoms with van der Waals surface area (Å²) in [6.07, 6.45) is 1.72. The monoisotopic (exact) mass is 229 g/mol. The summed E-state index contributed by atoms with van der Waals surface area (Å²) in [6.45, 7) is 7.28. The molecule has 17 heavy (non-hydrogen) atoms. The number of hydrogen-bond donors (Lipinski definition) is 1. The van der Waals surface area contributed by atoms with E-state index in [1.807, 2.05) is 12.1 Å². The molecule has 0 radical (unpaired) electrons. The highest BCUT2D eigenvalue weighted by atomic mass is 16.3. The standard InChI is InChI=1S/C15H19NO/c1-11(2)16-10-13-7-6-12(3)9-14(13)15-5-4-8-17-15/h4-9,11,16H,10H2,1-3H3. The lowest BCUT2D eigenvalue weighted by Gasteiger charge is -2.12. The molecule has 1 N–H and O–H groups in total. The average molecular weight is 229 g/mol. The third-order valence-corrected chi connectivity index (χ3v) is 2.75. The van der Waals surface area contributed by atoms with Gasteiger partial charge in [0.05, 0.1) is 6.26 Å². The van der Waals surface area contributed by atoms with E-state index in [9.17, 15) is 0 Å². The molecule has 2 rings (SSSR count). The van der Waals surface area contributed by atoms with Gasteiger partial charge in [-0.3, -0.25) is 0 Å². The lowest BCUT2D eigenvalue weighted by Crippen LogP contribution is -2.22. The molecule has 0 unspecified atom stereocenters. The summed E-state index contributed by atoms with van der Waals surface area (Å²) in [5.41, 5.74) is 3.71. The maximum Gasteiger partial charge on any atom is 0.134 e. The topological polar surface area (TPSA) is 25.2 Å². The second-order valence-corrected chi connectivity index (χ2v) is 4.67. The molecule has 0 amide bonds. The Morgan fingerprint density at radius 3 is 2.71 bits per heavy atom. The van der Waals surface area contributed by atoms with Gasteiger partial charge in [0.25, 0.3) is 0 Å².